The van der Waals surface area contributed by atoms with Crippen LogP contribution in [0.3, 0.4) is 0 Å². The molecule has 0 bridgehead atoms. The maximum atomic E-state index is 13.0. The molecule has 1 aliphatic heterocycles. The minimum atomic E-state index is -1.23. The fourth-order valence-corrected chi connectivity index (χ4v) is 5.60. The van der Waals surface area contributed by atoms with Crippen LogP contribution in [0.5, 0.6) is 0 Å². The van der Waals surface area contributed by atoms with Gasteiger partial charge in [-0.3, -0.25) is 14.6 Å². The summed E-state index contributed by atoms with van der Waals surface area (Å²) in [6, 6.07) is 4.81. The number of amides is 1. The molecule has 158 valence electrons. The van der Waals surface area contributed by atoms with Crippen LogP contribution in [0.4, 0.5) is 0 Å². The molecule has 9 heteroatoms. The first-order valence-electron chi connectivity index (χ1n) is 9.87. The van der Waals surface area contributed by atoms with Crippen molar-refractivity contribution in [2.75, 3.05) is 6.54 Å². The molecular formula is C21H23N3O4S2. The molecule has 3 aromatic heterocycles. The third kappa shape index (κ3) is 3.92. The van der Waals surface area contributed by atoms with Gasteiger partial charge in [0.25, 0.3) is 5.56 Å². The number of carbonyl (C=O) groups excluding carboxylic acids is 1. The van der Waals surface area contributed by atoms with Crippen molar-refractivity contribution in [3.8, 4) is 0 Å². The summed E-state index contributed by atoms with van der Waals surface area (Å²) in [4.78, 5) is 40.0. The molecule has 4 heterocycles. The Hall–Kier alpha value is -2.49. The molecule has 0 radical (unpaired) electrons. The van der Waals surface area contributed by atoms with Crippen LogP contribution in [0.15, 0.2) is 55.5 Å². The number of aromatic nitrogens is 2. The molecule has 1 amide bonds. The van der Waals surface area contributed by atoms with Crippen LogP contribution < -0.4 is 11.2 Å². The fraction of sp³-hybridized carbons (Fsp3) is 0.381. The van der Waals surface area contributed by atoms with Crippen LogP contribution in [0.1, 0.15) is 36.8 Å². The van der Waals surface area contributed by atoms with E-state index in [1.165, 1.54) is 39.5 Å². The highest BCUT2D eigenvalue weighted by Crippen LogP contribution is 2.42. The van der Waals surface area contributed by atoms with Gasteiger partial charge in [-0.1, -0.05) is 0 Å². The number of aromatic amines is 1. The second-order valence-electron chi connectivity index (χ2n) is 7.44. The van der Waals surface area contributed by atoms with Gasteiger partial charge in [0.1, 0.15) is 5.60 Å². The predicted molar refractivity (Wildman–Crippen MR) is 117 cm³/mol. The summed E-state index contributed by atoms with van der Waals surface area (Å²) in [5.41, 5.74) is -0.514. The van der Waals surface area contributed by atoms with E-state index in [9.17, 15) is 19.5 Å². The quantitative estimate of drug-likeness (QED) is 0.584. The second kappa shape index (κ2) is 8.71. The SMILES string of the molecule is O=C(CCCn1ccc(=O)[nH]c1=O)N1CCC[C@H]1C(O)(c1ccsc1)c1ccsc1. The zero-order valence-corrected chi connectivity index (χ0v) is 18.0. The van der Waals surface area contributed by atoms with E-state index in [4.69, 9.17) is 0 Å². The lowest BCUT2D eigenvalue weighted by atomic mass is 9.81. The van der Waals surface area contributed by atoms with E-state index < -0.39 is 16.9 Å². The molecule has 30 heavy (non-hydrogen) atoms. The van der Waals surface area contributed by atoms with Gasteiger partial charge in [0.15, 0.2) is 0 Å². The van der Waals surface area contributed by atoms with E-state index in [0.29, 0.717) is 19.5 Å². The number of likely N-dealkylation sites (tertiary alicyclic amines) is 1. The standard InChI is InChI=1S/C21H23N3O4S2/c25-18-5-10-23(20(27)22-18)8-2-4-19(26)24-9-1-3-17(24)21(28,15-6-11-29-13-15)16-7-12-30-14-16/h5-7,10-14,17,28H,1-4,8-9H2,(H,22,25,27)/t17-/m0/s1. The van der Waals surface area contributed by atoms with Gasteiger partial charge in [0.05, 0.1) is 6.04 Å². The highest BCUT2D eigenvalue weighted by molar-refractivity contribution is 7.08. The molecule has 3 aromatic rings. The second-order valence-corrected chi connectivity index (χ2v) is 9.00. The average Bonchev–Trinajstić information content (AvgIpc) is 3.51. The Morgan fingerprint density at radius 1 is 1.17 bits per heavy atom. The van der Waals surface area contributed by atoms with Crippen LogP contribution in [0.2, 0.25) is 0 Å². The largest absolute Gasteiger partial charge is 0.378 e. The molecule has 0 saturated carbocycles. The first-order chi connectivity index (χ1) is 14.5. The van der Waals surface area contributed by atoms with Crippen molar-refractivity contribution >= 4 is 28.6 Å². The zero-order valence-electron chi connectivity index (χ0n) is 16.3. The Morgan fingerprint density at radius 2 is 1.87 bits per heavy atom. The Labute approximate surface area is 181 Å². The van der Waals surface area contributed by atoms with Crippen molar-refractivity contribution in [2.45, 2.75) is 43.9 Å². The summed E-state index contributed by atoms with van der Waals surface area (Å²) in [6.07, 6.45) is 3.75. The Kier molecular flexibility index (Phi) is 6.03. The minimum absolute atomic E-state index is 0.0288. The lowest BCUT2D eigenvalue weighted by Gasteiger charge is -2.39. The maximum absolute atomic E-state index is 13.0. The van der Waals surface area contributed by atoms with Crippen molar-refractivity contribution in [1.29, 1.82) is 0 Å². The van der Waals surface area contributed by atoms with E-state index >= 15 is 0 Å². The summed E-state index contributed by atoms with van der Waals surface area (Å²) in [5.74, 6) is -0.0288. The molecular weight excluding hydrogens is 422 g/mol. The normalized spacial score (nSPS) is 16.8. The lowest BCUT2D eigenvalue weighted by molar-refractivity contribution is -0.136. The number of thiophene rings is 2. The van der Waals surface area contributed by atoms with Crippen LogP contribution in [-0.2, 0) is 16.9 Å². The topological polar surface area (TPSA) is 95.4 Å². The number of carbonyl (C=O) groups is 1. The highest BCUT2D eigenvalue weighted by atomic mass is 32.1. The zero-order chi connectivity index (χ0) is 21.1. The summed E-state index contributed by atoms with van der Waals surface area (Å²) in [6.45, 7) is 0.956. The summed E-state index contributed by atoms with van der Waals surface area (Å²) >= 11 is 3.06. The molecule has 0 unspecified atom stereocenters. The third-order valence-corrected chi connectivity index (χ3v) is 7.03. The Morgan fingerprint density at radius 3 is 2.47 bits per heavy atom. The molecule has 0 aromatic carbocycles. The van der Waals surface area contributed by atoms with E-state index in [1.54, 1.807) is 4.90 Å². The molecule has 4 rings (SSSR count). The van der Waals surface area contributed by atoms with Crippen molar-refractivity contribution in [2.24, 2.45) is 0 Å². The molecule has 0 spiro atoms. The van der Waals surface area contributed by atoms with Gasteiger partial charge < -0.3 is 14.6 Å². The average molecular weight is 446 g/mol. The van der Waals surface area contributed by atoms with Crippen molar-refractivity contribution in [3.05, 3.63) is 77.9 Å². The van der Waals surface area contributed by atoms with E-state index in [0.717, 1.165) is 24.0 Å². The van der Waals surface area contributed by atoms with E-state index in [2.05, 4.69) is 4.98 Å². The number of rotatable bonds is 7. The van der Waals surface area contributed by atoms with Crippen LogP contribution >= 0.6 is 22.7 Å². The number of hydrogen-bond donors (Lipinski definition) is 2. The van der Waals surface area contributed by atoms with Crippen molar-refractivity contribution in [3.63, 3.8) is 0 Å². The fourth-order valence-electron chi connectivity index (χ4n) is 4.18. The Balaban J connectivity index is 1.50. The highest BCUT2D eigenvalue weighted by Gasteiger charge is 2.47. The first-order valence-corrected chi connectivity index (χ1v) is 11.8. The molecule has 0 aliphatic carbocycles. The Bertz CT molecular complexity index is 1070. The van der Waals surface area contributed by atoms with Gasteiger partial charge in [0.2, 0.25) is 5.91 Å². The minimum Gasteiger partial charge on any atom is -0.378 e. The van der Waals surface area contributed by atoms with Gasteiger partial charge in [-0.25, -0.2) is 4.79 Å². The van der Waals surface area contributed by atoms with Crippen LogP contribution in [-0.4, -0.2) is 38.1 Å². The molecule has 1 saturated heterocycles. The third-order valence-electron chi connectivity index (χ3n) is 5.66. The summed E-state index contributed by atoms with van der Waals surface area (Å²) < 4.78 is 1.39. The first kappa shape index (κ1) is 20.8. The van der Waals surface area contributed by atoms with Crippen molar-refractivity contribution < 1.29 is 9.90 Å². The van der Waals surface area contributed by atoms with Gasteiger partial charge in [-0.2, -0.15) is 22.7 Å². The number of hydrogen-bond acceptors (Lipinski definition) is 6. The molecule has 1 fully saturated rings. The number of aryl methyl sites for hydroxylation is 1. The van der Waals surface area contributed by atoms with E-state index in [-0.39, 0.29) is 18.4 Å². The molecule has 2 N–H and O–H groups in total. The molecule has 7 nitrogen and oxygen atoms in total. The van der Waals surface area contributed by atoms with E-state index in [1.807, 2.05) is 33.7 Å². The van der Waals surface area contributed by atoms with Crippen molar-refractivity contribution in [1.82, 2.24) is 14.5 Å². The van der Waals surface area contributed by atoms with Gasteiger partial charge >= 0.3 is 5.69 Å². The predicted octanol–water partition coefficient (Wildman–Crippen LogP) is 2.37. The monoisotopic (exact) mass is 445 g/mol. The van der Waals surface area contributed by atoms with Gasteiger partial charge in [0, 0.05) is 42.9 Å². The number of nitrogens with one attached hydrogen (secondary N) is 1. The van der Waals surface area contributed by atoms with Gasteiger partial charge in [-0.05, 0) is 52.9 Å². The molecule has 1 aliphatic rings. The lowest BCUT2D eigenvalue weighted by Crippen LogP contribution is -2.50. The maximum Gasteiger partial charge on any atom is 0.328 e. The smallest absolute Gasteiger partial charge is 0.328 e. The van der Waals surface area contributed by atoms with Gasteiger partial charge in [-0.15, -0.1) is 0 Å². The number of aliphatic hydroxyl groups is 1. The number of nitrogens with zero attached hydrogens (tertiary/aromatic N) is 2. The summed E-state index contributed by atoms with van der Waals surface area (Å²) in [7, 11) is 0. The number of H-pyrrole nitrogens is 1. The summed E-state index contributed by atoms with van der Waals surface area (Å²) in [5, 5.41) is 19.6. The molecule has 1 atom stereocenters. The van der Waals surface area contributed by atoms with Crippen LogP contribution in [0, 0.1) is 0 Å². The van der Waals surface area contributed by atoms with Crippen LogP contribution in [0.25, 0.3) is 0 Å².